The number of nitrogens with zero attached hydrogens (tertiary/aromatic N) is 3. The first-order chi connectivity index (χ1) is 6.70. The summed E-state index contributed by atoms with van der Waals surface area (Å²) in [5.41, 5.74) is 0. The predicted molar refractivity (Wildman–Crippen MR) is 57.4 cm³/mol. The molecule has 0 saturated carbocycles. The number of hydrogen-bond donors (Lipinski definition) is 1. The second kappa shape index (κ2) is 5.10. The lowest BCUT2D eigenvalue weighted by molar-refractivity contribution is 0.567. The van der Waals surface area contributed by atoms with Crippen molar-refractivity contribution in [3.63, 3.8) is 0 Å². The molecule has 1 aromatic heterocycles. The summed E-state index contributed by atoms with van der Waals surface area (Å²) < 4.78 is 2.17. The van der Waals surface area contributed by atoms with E-state index >= 15 is 0 Å². The van der Waals surface area contributed by atoms with Gasteiger partial charge in [0.2, 0.25) is 0 Å². The van der Waals surface area contributed by atoms with Crippen molar-refractivity contribution in [3.8, 4) is 0 Å². The topological polar surface area (TPSA) is 42.7 Å². The Morgan fingerprint density at radius 1 is 1.36 bits per heavy atom. The van der Waals surface area contributed by atoms with Gasteiger partial charge in [0.05, 0.1) is 0 Å². The van der Waals surface area contributed by atoms with E-state index in [4.69, 9.17) is 0 Å². The van der Waals surface area contributed by atoms with Gasteiger partial charge < -0.3 is 9.88 Å². The van der Waals surface area contributed by atoms with Gasteiger partial charge in [-0.25, -0.2) is 0 Å². The maximum atomic E-state index is 4.21. The Morgan fingerprint density at radius 3 is 2.64 bits per heavy atom. The minimum atomic E-state index is 0.427. The van der Waals surface area contributed by atoms with Crippen LogP contribution in [0.2, 0.25) is 0 Å². The van der Waals surface area contributed by atoms with Crippen LogP contribution in [0.5, 0.6) is 0 Å². The van der Waals surface area contributed by atoms with Gasteiger partial charge in [-0.2, -0.15) is 0 Å². The molecule has 1 aromatic rings. The van der Waals surface area contributed by atoms with Crippen LogP contribution in [0.15, 0.2) is 0 Å². The molecule has 0 fully saturated rings. The van der Waals surface area contributed by atoms with Crippen molar-refractivity contribution >= 4 is 0 Å². The quantitative estimate of drug-likeness (QED) is 0.772. The van der Waals surface area contributed by atoms with Crippen LogP contribution in [-0.2, 0) is 6.54 Å². The van der Waals surface area contributed by atoms with Gasteiger partial charge in [0.15, 0.2) is 0 Å². The molecule has 0 bridgehead atoms. The molecule has 1 heterocycles. The zero-order valence-corrected chi connectivity index (χ0v) is 9.54. The largest absolute Gasteiger partial charge is 0.316 e. The molecule has 14 heavy (non-hydrogen) atoms. The Hall–Kier alpha value is -0.900. The van der Waals surface area contributed by atoms with Gasteiger partial charge in [-0.3, -0.25) is 0 Å². The van der Waals surface area contributed by atoms with Crippen molar-refractivity contribution in [1.29, 1.82) is 0 Å². The van der Waals surface area contributed by atoms with Crippen molar-refractivity contribution < 1.29 is 0 Å². The first-order valence-corrected chi connectivity index (χ1v) is 5.31. The smallest absolute Gasteiger partial charge is 0.137 e. The second-order valence-corrected chi connectivity index (χ2v) is 3.56. The first kappa shape index (κ1) is 11.2. The van der Waals surface area contributed by atoms with Crippen molar-refractivity contribution in [1.82, 2.24) is 20.1 Å². The van der Waals surface area contributed by atoms with E-state index in [0.717, 1.165) is 31.3 Å². The van der Waals surface area contributed by atoms with E-state index in [-0.39, 0.29) is 0 Å². The normalized spacial score (nSPS) is 13.1. The third-order valence-corrected chi connectivity index (χ3v) is 2.42. The fourth-order valence-electron chi connectivity index (χ4n) is 1.60. The maximum Gasteiger partial charge on any atom is 0.137 e. The number of rotatable bonds is 5. The molecule has 1 rings (SSSR count). The van der Waals surface area contributed by atoms with Crippen molar-refractivity contribution in [2.75, 3.05) is 13.1 Å². The second-order valence-electron chi connectivity index (χ2n) is 3.56. The van der Waals surface area contributed by atoms with Crippen LogP contribution in [0.4, 0.5) is 0 Å². The third-order valence-electron chi connectivity index (χ3n) is 2.42. The molecule has 4 heteroatoms. The molecule has 4 nitrogen and oxygen atoms in total. The molecule has 0 spiro atoms. The molecule has 0 radical (unpaired) electrons. The predicted octanol–water partition coefficient (Wildman–Crippen LogP) is 1.32. The molecule has 1 unspecified atom stereocenters. The van der Waals surface area contributed by atoms with Crippen molar-refractivity contribution in [2.45, 2.75) is 40.2 Å². The van der Waals surface area contributed by atoms with Crippen LogP contribution < -0.4 is 5.32 Å². The minimum absolute atomic E-state index is 0.427. The highest BCUT2D eigenvalue weighted by Crippen LogP contribution is 2.12. The molecule has 0 aromatic carbocycles. The average molecular weight is 196 g/mol. The van der Waals surface area contributed by atoms with E-state index < -0.39 is 0 Å². The van der Waals surface area contributed by atoms with E-state index in [0.29, 0.717) is 5.92 Å². The average Bonchev–Trinajstić information content (AvgIpc) is 2.55. The van der Waals surface area contributed by atoms with Crippen molar-refractivity contribution in [2.24, 2.45) is 0 Å². The number of aryl methyl sites for hydroxylation is 1. The maximum absolute atomic E-state index is 4.21. The Balaban J connectivity index is 2.73. The SMILES string of the molecule is CCNCC(C)c1nnc(C)n1CC. The highest BCUT2D eigenvalue weighted by molar-refractivity contribution is 5.00. The Bertz CT molecular complexity index is 280. The lowest BCUT2D eigenvalue weighted by Gasteiger charge is -2.12. The summed E-state index contributed by atoms with van der Waals surface area (Å²) in [4.78, 5) is 0. The summed E-state index contributed by atoms with van der Waals surface area (Å²) in [5, 5.41) is 11.6. The van der Waals surface area contributed by atoms with E-state index in [2.05, 4.69) is 40.9 Å². The Kier molecular flexibility index (Phi) is 4.07. The van der Waals surface area contributed by atoms with E-state index in [1.807, 2.05) is 6.92 Å². The lowest BCUT2D eigenvalue weighted by Crippen LogP contribution is -2.21. The first-order valence-electron chi connectivity index (χ1n) is 5.31. The molecule has 0 saturated heterocycles. The molecular weight excluding hydrogens is 176 g/mol. The highest BCUT2D eigenvalue weighted by Gasteiger charge is 2.13. The molecule has 0 amide bonds. The van der Waals surface area contributed by atoms with Gasteiger partial charge >= 0.3 is 0 Å². The van der Waals surface area contributed by atoms with Gasteiger partial charge in [0, 0.05) is 19.0 Å². The van der Waals surface area contributed by atoms with Crippen LogP contribution >= 0.6 is 0 Å². The van der Waals surface area contributed by atoms with Crippen LogP contribution in [0.3, 0.4) is 0 Å². The van der Waals surface area contributed by atoms with Crippen LogP contribution in [0.25, 0.3) is 0 Å². The molecule has 1 atom stereocenters. The standard InChI is InChI=1S/C10H20N4/c1-5-11-7-8(3)10-13-12-9(4)14(10)6-2/h8,11H,5-7H2,1-4H3. The number of aromatic nitrogens is 3. The van der Waals surface area contributed by atoms with E-state index in [9.17, 15) is 0 Å². The van der Waals surface area contributed by atoms with Gasteiger partial charge in [-0.05, 0) is 20.4 Å². The van der Waals surface area contributed by atoms with Crippen LogP contribution in [0, 0.1) is 6.92 Å². The van der Waals surface area contributed by atoms with Gasteiger partial charge in [-0.1, -0.05) is 13.8 Å². The zero-order valence-electron chi connectivity index (χ0n) is 9.54. The van der Waals surface area contributed by atoms with Gasteiger partial charge in [0.1, 0.15) is 11.6 Å². The number of likely N-dealkylation sites (N-methyl/N-ethyl adjacent to an activating group) is 1. The summed E-state index contributed by atoms with van der Waals surface area (Å²) >= 11 is 0. The summed E-state index contributed by atoms with van der Waals surface area (Å²) in [6.45, 7) is 11.3. The molecule has 1 N–H and O–H groups in total. The monoisotopic (exact) mass is 196 g/mol. The van der Waals surface area contributed by atoms with E-state index in [1.54, 1.807) is 0 Å². The Labute approximate surface area is 85.7 Å². The van der Waals surface area contributed by atoms with Gasteiger partial charge in [-0.15, -0.1) is 10.2 Å². The minimum Gasteiger partial charge on any atom is -0.316 e. The summed E-state index contributed by atoms with van der Waals surface area (Å²) in [6, 6.07) is 0. The summed E-state index contributed by atoms with van der Waals surface area (Å²) in [7, 11) is 0. The van der Waals surface area contributed by atoms with Crippen LogP contribution in [0.1, 0.15) is 38.3 Å². The Morgan fingerprint density at radius 2 is 2.07 bits per heavy atom. The molecule has 0 aliphatic heterocycles. The lowest BCUT2D eigenvalue weighted by atomic mass is 10.1. The molecule has 0 aliphatic rings. The summed E-state index contributed by atoms with van der Waals surface area (Å²) in [6.07, 6.45) is 0. The highest BCUT2D eigenvalue weighted by atomic mass is 15.3. The zero-order chi connectivity index (χ0) is 10.6. The molecule has 80 valence electrons. The summed E-state index contributed by atoms with van der Waals surface area (Å²) in [5.74, 6) is 2.52. The van der Waals surface area contributed by atoms with Crippen LogP contribution in [-0.4, -0.2) is 27.9 Å². The fraction of sp³-hybridized carbons (Fsp3) is 0.800. The van der Waals surface area contributed by atoms with Crippen molar-refractivity contribution in [3.05, 3.63) is 11.6 Å². The van der Waals surface area contributed by atoms with E-state index in [1.165, 1.54) is 0 Å². The van der Waals surface area contributed by atoms with Gasteiger partial charge in [0.25, 0.3) is 0 Å². The third kappa shape index (κ3) is 2.32. The number of hydrogen-bond acceptors (Lipinski definition) is 3. The molecule has 0 aliphatic carbocycles. The molecular formula is C10H20N4. The fourth-order valence-corrected chi connectivity index (χ4v) is 1.60. The number of nitrogens with one attached hydrogen (secondary N) is 1.